The van der Waals surface area contributed by atoms with E-state index < -0.39 is 11.6 Å². The zero-order valence-electron chi connectivity index (χ0n) is 14.1. The second kappa shape index (κ2) is 8.36. The van der Waals surface area contributed by atoms with Gasteiger partial charge in [0, 0.05) is 5.57 Å². The van der Waals surface area contributed by atoms with Crippen molar-refractivity contribution in [3.8, 4) is 5.75 Å². The Kier molecular flexibility index (Phi) is 6.82. The highest BCUT2D eigenvalue weighted by molar-refractivity contribution is 5.93. The Hall–Kier alpha value is -2.30. The normalized spacial score (nSPS) is 11.9. The Morgan fingerprint density at radius 1 is 1.17 bits per heavy atom. The molecule has 0 heterocycles. The van der Waals surface area contributed by atoms with Gasteiger partial charge in [-0.15, -0.1) is 0 Å². The van der Waals surface area contributed by atoms with Crippen LogP contribution in [0.3, 0.4) is 0 Å². The number of aliphatic carboxylic acids is 1. The van der Waals surface area contributed by atoms with Crippen molar-refractivity contribution in [3.63, 3.8) is 0 Å². The Labute approximate surface area is 136 Å². The molecule has 5 nitrogen and oxygen atoms in total. The molecular formula is C18H24O5. The largest absolute Gasteiger partial charge is 0.478 e. The Balaban J connectivity index is 2.91. The van der Waals surface area contributed by atoms with Gasteiger partial charge in [-0.25, -0.2) is 9.59 Å². The predicted molar refractivity (Wildman–Crippen MR) is 88.3 cm³/mol. The van der Waals surface area contributed by atoms with Crippen LogP contribution >= 0.6 is 0 Å². The number of carbonyl (C=O) groups is 2. The Morgan fingerprint density at radius 2 is 1.78 bits per heavy atom. The Bertz CT molecular complexity index is 570. The molecule has 0 aliphatic carbocycles. The molecule has 1 aromatic rings. The van der Waals surface area contributed by atoms with Crippen LogP contribution in [-0.2, 0) is 14.3 Å². The van der Waals surface area contributed by atoms with Crippen molar-refractivity contribution in [3.05, 3.63) is 35.4 Å². The molecule has 0 spiro atoms. The summed E-state index contributed by atoms with van der Waals surface area (Å²) < 4.78 is 10.5. The van der Waals surface area contributed by atoms with E-state index in [0.29, 0.717) is 24.4 Å². The number of carboxylic acid groups (broad SMARTS) is 1. The first-order chi connectivity index (χ1) is 10.8. The molecule has 0 saturated heterocycles. The number of hydrogen-bond acceptors (Lipinski definition) is 4. The fourth-order valence-corrected chi connectivity index (χ4v) is 1.90. The van der Waals surface area contributed by atoms with Gasteiger partial charge >= 0.3 is 11.9 Å². The van der Waals surface area contributed by atoms with Gasteiger partial charge in [0.15, 0.2) is 5.60 Å². The maximum Gasteiger partial charge on any atom is 0.347 e. The van der Waals surface area contributed by atoms with E-state index in [1.54, 1.807) is 37.3 Å². The summed E-state index contributed by atoms with van der Waals surface area (Å²) in [5, 5.41) is 9.06. The first-order valence-electron chi connectivity index (χ1n) is 7.70. The summed E-state index contributed by atoms with van der Waals surface area (Å²) in [6, 6.07) is 6.93. The predicted octanol–water partition coefficient (Wildman–Crippen LogP) is 3.68. The summed E-state index contributed by atoms with van der Waals surface area (Å²) in [6.07, 6.45) is 3.27. The molecule has 0 saturated carbocycles. The van der Waals surface area contributed by atoms with Crippen LogP contribution in [0.4, 0.5) is 0 Å². The van der Waals surface area contributed by atoms with E-state index in [0.717, 1.165) is 12.0 Å². The molecule has 5 heteroatoms. The second-order valence-corrected chi connectivity index (χ2v) is 5.63. The van der Waals surface area contributed by atoms with Crippen LogP contribution in [0, 0.1) is 0 Å². The molecule has 0 bridgehead atoms. The lowest BCUT2D eigenvalue weighted by Gasteiger charge is -2.21. The third kappa shape index (κ3) is 5.77. The van der Waals surface area contributed by atoms with Gasteiger partial charge < -0.3 is 14.6 Å². The van der Waals surface area contributed by atoms with Crippen LogP contribution in [0.2, 0.25) is 0 Å². The van der Waals surface area contributed by atoms with E-state index in [1.807, 2.05) is 6.92 Å². The summed E-state index contributed by atoms with van der Waals surface area (Å²) in [5.74, 6) is -0.876. The topological polar surface area (TPSA) is 72.8 Å². The number of carbonyl (C=O) groups excluding carboxylic acids is 1. The quantitative estimate of drug-likeness (QED) is 0.584. The van der Waals surface area contributed by atoms with Gasteiger partial charge in [0.1, 0.15) is 5.75 Å². The van der Waals surface area contributed by atoms with Gasteiger partial charge in [-0.3, -0.25) is 0 Å². The van der Waals surface area contributed by atoms with Crippen LogP contribution in [0.15, 0.2) is 29.8 Å². The zero-order chi connectivity index (χ0) is 17.5. The number of ether oxygens (including phenoxy) is 2. The third-order valence-corrected chi connectivity index (χ3v) is 3.17. The number of carboxylic acids is 1. The molecule has 126 valence electrons. The van der Waals surface area contributed by atoms with Gasteiger partial charge in [0.05, 0.1) is 6.61 Å². The molecular weight excluding hydrogens is 296 g/mol. The van der Waals surface area contributed by atoms with Crippen molar-refractivity contribution >= 4 is 18.0 Å². The highest BCUT2D eigenvalue weighted by atomic mass is 16.5. The van der Waals surface area contributed by atoms with Crippen molar-refractivity contribution in [2.24, 2.45) is 0 Å². The van der Waals surface area contributed by atoms with Crippen molar-refractivity contribution in [1.82, 2.24) is 0 Å². The molecule has 23 heavy (non-hydrogen) atoms. The van der Waals surface area contributed by atoms with Gasteiger partial charge in [-0.2, -0.15) is 0 Å². The third-order valence-electron chi connectivity index (χ3n) is 3.17. The maximum atomic E-state index is 11.9. The summed E-state index contributed by atoms with van der Waals surface area (Å²) in [5.41, 5.74) is 0.159. The molecule has 1 aromatic carbocycles. The molecule has 1 rings (SSSR count). The minimum absolute atomic E-state index is 0.304. The lowest BCUT2D eigenvalue weighted by Crippen LogP contribution is -2.37. The molecule has 0 amide bonds. The van der Waals surface area contributed by atoms with Crippen molar-refractivity contribution in [1.29, 1.82) is 0 Å². The molecule has 0 fully saturated rings. The minimum Gasteiger partial charge on any atom is -0.478 e. The number of esters is 1. The van der Waals surface area contributed by atoms with Crippen LogP contribution in [-0.4, -0.2) is 29.3 Å². The Morgan fingerprint density at radius 3 is 2.26 bits per heavy atom. The lowest BCUT2D eigenvalue weighted by atomic mass is 10.1. The molecule has 0 aliphatic heterocycles. The fraction of sp³-hybridized carbons (Fsp3) is 0.444. The van der Waals surface area contributed by atoms with Crippen molar-refractivity contribution in [2.75, 3.05) is 6.61 Å². The first kappa shape index (κ1) is 18.7. The molecule has 0 unspecified atom stereocenters. The summed E-state index contributed by atoms with van der Waals surface area (Å²) in [6.45, 7) is 7.10. The molecule has 1 N–H and O–H groups in total. The van der Waals surface area contributed by atoms with Gasteiger partial charge in [-0.1, -0.05) is 25.5 Å². The highest BCUT2D eigenvalue weighted by Crippen LogP contribution is 2.21. The van der Waals surface area contributed by atoms with Crippen LogP contribution in [0.5, 0.6) is 5.75 Å². The average Bonchev–Trinajstić information content (AvgIpc) is 2.48. The monoisotopic (exact) mass is 320 g/mol. The fourth-order valence-electron chi connectivity index (χ4n) is 1.90. The standard InChI is InChI=1S/C18H24O5/c1-5-7-14(16(19)22-6-2)12-13-8-10-15(11-9-13)23-18(3,4)17(20)21/h8-12H,5-7H2,1-4H3,(H,20,21). The zero-order valence-corrected chi connectivity index (χ0v) is 14.1. The van der Waals surface area contributed by atoms with Crippen LogP contribution in [0.1, 0.15) is 46.1 Å². The van der Waals surface area contributed by atoms with E-state index in [4.69, 9.17) is 14.6 Å². The average molecular weight is 320 g/mol. The minimum atomic E-state index is -1.30. The smallest absolute Gasteiger partial charge is 0.347 e. The number of rotatable bonds is 8. The summed E-state index contributed by atoms with van der Waals surface area (Å²) >= 11 is 0. The molecule has 0 aliphatic rings. The van der Waals surface area contributed by atoms with E-state index >= 15 is 0 Å². The second-order valence-electron chi connectivity index (χ2n) is 5.63. The first-order valence-corrected chi connectivity index (χ1v) is 7.70. The molecule has 0 atom stereocenters. The van der Waals surface area contributed by atoms with Crippen LogP contribution < -0.4 is 4.74 Å². The maximum absolute atomic E-state index is 11.9. The van der Waals surface area contributed by atoms with E-state index in [-0.39, 0.29) is 5.97 Å². The highest BCUT2D eigenvalue weighted by Gasteiger charge is 2.29. The van der Waals surface area contributed by atoms with E-state index in [2.05, 4.69) is 0 Å². The summed E-state index contributed by atoms with van der Waals surface area (Å²) in [4.78, 5) is 22.9. The van der Waals surface area contributed by atoms with Gasteiger partial charge in [0.2, 0.25) is 0 Å². The van der Waals surface area contributed by atoms with Gasteiger partial charge in [-0.05, 0) is 51.0 Å². The molecule has 0 radical (unpaired) electrons. The lowest BCUT2D eigenvalue weighted by molar-refractivity contribution is -0.152. The van der Waals surface area contributed by atoms with E-state index in [9.17, 15) is 9.59 Å². The van der Waals surface area contributed by atoms with E-state index in [1.165, 1.54) is 13.8 Å². The van der Waals surface area contributed by atoms with Gasteiger partial charge in [0.25, 0.3) is 0 Å². The van der Waals surface area contributed by atoms with Crippen molar-refractivity contribution < 1.29 is 24.2 Å². The van der Waals surface area contributed by atoms with Crippen LogP contribution in [0.25, 0.3) is 6.08 Å². The number of hydrogen-bond donors (Lipinski definition) is 1. The van der Waals surface area contributed by atoms with Crippen molar-refractivity contribution in [2.45, 2.75) is 46.1 Å². The molecule has 0 aromatic heterocycles. The number of benzene rings is 1. The SMILES string of the molecule is CCCC(=Cc1ccc(OC(C)(C)C(=O)O)cc1)C(=O)OCC. The summed E-state index contributed by atoms with van der Waals surface area (Å²) in [7, 11) is 0.